The first-order valence-electron chi connectivity index (χ1n) is 5.80. The Morgan fingerprint density at radius 2 is 2.47 bits per heavy atom. The number of nitrogens with one attached hydrogen (secondary N) is 1. The van der Waals surface area contributed by atoms with Crippen LogP contribution < -0.4 is 5.32 Å². The number of aromatic nitrogens is 2. The molecule has 1 atom stereocenters. The largest absolute Gasteiger partial charge is 0.378 e. The SMILES string of the molecule is c1c(C2COCCN2)nc2n1CCCC2. The molecule has 0 aliphatic carbocycles. The molecule has 1 saturated heterocycles. The Hall–Kier alpha value is -0.870. The molecule has 1 aromatic heterocycles. The molecule has 0 saturated carbocycles. The highest BCUT2D eigenvalue weighted by atomic mass is 16.5. The molecule has 3 rings (SSSR count). The Morgan fingerprint density at radius 1 is 1.47 bits per heavy atom. The highest BCUT2D eigenvalue weighted by Crippen LogP contribution is 2.19. The summed E-state index contributed by atoms with van der Waals surface area (Å²) in [5, 5.41) is 3.44. The van der Waals surface area contributed by atoms with Gasteiger partial charge in [0.25, 0.3) is 0 Å². The minimum Gasteiger partial charge on any atom is -0.378 e. The number of fused-ring (bicyclic) bond motifs is 1. The Kier molecular flexibility index (Phi) is 2.46. The van der Waals surface area contributed by atoms with Crippen LogP contribution in [0.15, 0.2) is 6.20 Å². The quantitative estimate of drug-likeness (QED) is 0.743. The summed E-state index contributed by atoms with van der Waals surface area (Å²) in [6, 6.07) is 0.303. The third-order valence-electron chi connectivity index (χ3n) is 3.21. The van der Waals surface area contributed by atoms with Crippen LogP contribution in [0, 0.1) is 0 Å². The van der Waals surface area contributed by atoms with Crippen molar-refractivity contribution in [1.82, 2.24) is 14.9 Å². The van der Waals surface area contributed by atoms with Gasteiger partial charge in [0.15, 0.2) is 0 Å². The lowest BCUT2D eigenvalue weighted by atomic mass is 10.2. The zero-order chi connectivity index (χ0) is 10.1. The fourth-order valence-electron chi connectivity index (χ4n) is 2.36. The third kappa shape index (κ3) is 1.79. The normalized spacial score (nSPS) is 26.3. The van der Waals surface area contributed by atoms with Gasteiger partial charge in [-0.2, -0.15) is 0 Å². The van der Waals surface area contributed by atoms with Crippen LogP contribution in [-0.2, 0) is 17.7 Å². The summed E-state index contributed by atoms with van der Waals surface area (Å²) in [4.78, 5) is 4.69. The number of morpholine rings is 1. The van der Waals surface area contributed by atoms with Crippen LogP contribution in [0.5, 0.6) is 0 Å². The second-order valence-electron chi connectivity index (χ2n) is 4.31. The van der Waals surface area contributed by atoms with Gasteiger partial charge in [-0.15, -0.1) is 0 Å². The van der Waals surface area contributed by atoms with Crippen molar-refractivity contribution >= 4 is 0 Å². The van der Waals surface area contributed by atoms with E-state index in [9.17, 15) is 0 Å². The molecule has 1 unspecified atom stereocenters. The fourth-order valence-corrected chi connectivity index (χ4v) is 2.36. The van der Waals surface area contributed by atoms with Gasteiger partial charge in [0.1, 0.15) is 5.82 Å². The molecule has 4 heteroatoms. The Labute approximate surface area is 89.6 Å². The van der Waals surface area contributed by atoms with E-state index in [2.05, 4.69) is 16.1 Å². The average Bonchev–Trinajstić information content (AvgIpc) is 2.74. The van der Waals surface area contributed by atoms with Crippen molar-refractivity contribution in [3.05, 3.63) is 17.7 Å². The third-order valence-corrected chi connectivity index (χ3v) is 3.21. The fraction of sp³-hybridized carbons (Fsp3) is 0.727. The van der Waals surface area contributed by atoms with Crippen LogP contribution in [0.25, 0.3) is 0 Å². The molecule has 0 amide bonds. The van der Waals surface area contributed by atoms with Crippen molar-refractivity contribution in [3.63, 3.8) is 0 Å². The van der Waals surface area contributed by atoms with Crippen LogP contribution in [-0.4, -0.2) is 29.3 Å². The smallest absolute Gasteiger partial charge is 0.109 e. The van der Waals surface area contributed by atoms with Gasteiger partial charge in [-0.1, -0.05) is 0 Å². The molecule has 1 aromatic rings. The summed E-state index contributed by atoms with van der Waals surface area (Å²) in [5.74, 6) is 1.25. The van der Waals surface area contributed by atoms with Crippen molar-refractivity contribution < 1.29 is 4.74 Å². The maximum absolute atomic E-state index is 5.46. The first kappa shape index (κ1) is 9.36. The summed E-state index contributed by atoms with van der Waals surface area (Å²) in [6.07, 6.45) is 5.90. The second kappa shape index (κ2) is 3.94. The van der Waals surface area contributed by atoms with E-state index >= 15 is 0 Å². The Morgan fingerprint density at radius 3 is 3.27 bits per heavy atom. The van der Waals surface area contributed by atoms with E-state index in [0.29, 0.717) is 6.04 Å². The van der Waals surface area contributed by atoms with Crippen LogP contribution in [0.2, 0.25) is 0 Å². The maximum atomic E-state index is 5.46. The molecule has 82 valence electrons. The number of aryl methyl sites for hydroxylation is 2. The minimum absolute atomic E-state index is 0.303. The van der Waals surface area contributed by atoms with E-state index in [4.69, 9.17) is 9.72 Å². The summed E-state index contributed by atoms with van der Waals surface area (Å²) >= 11 is 0. The van der Waals surface area contributed by atoms with Gasteiger partial charge >= 0.3 is 0 Å². The van der Waals surface area contributed by atoms with Crippen molar-refractivity contribution in [3.8, 4) is 0 Å². The number of nitrogens with zero attached hydrogens (tertiary/aromatic N) is 2. The van der Waals surface area contributed by atoms with E-state index < -0.39 is 0 Å². The van der Waals surface area contributed by atoms with Gasteiger partial charge in [0.05, 0.1) is 24.9 Å². The second-order valence-corrected chi connectivity index (χ2v) is 4.31. The van der Waals surface area contributed by atoms with Crippen LogP contribution in [0.4, 0.5) is 0 Å². The molecule has 2 aliphatic rings. The van der Waals surface area contributed by atoms with Crippen molar-refractivity contribution in [2.45, 2.75) is 31.8 Å². The summed E-state index contributed by atoms with van der Waals surface area (Å²) in [7, 11) is 0. The zero-order valence-electron chi connectivity index (χ0n) is 8.91. The van der Waals surface area contributed by atoms with E-state index in [1.165, 1.54) is 18.7 Å². The number of imidazole rings is 1. The van der Waals surface area contributed by atoms with E-state index in [1.54, 1.807) is 0 Å². The van der Waals surface area contributed by atoms with Gasteiger partial charge in [-0.25, -0.2) is 4.98 Å². The highest BCUT2D eigenvalue weighted by Gasteiger charge is 2.20. The highest BCUT2D eigenvalue weighted by molar-refractivity contribution is 5.11. The summed E-state index contributed by atoms with van der Waals surface area (Å²) < 4.78 is 7.76. The Bertz CT molecular complexity index is 318. The van der Waals surface area contributed by atoms with E-state index in [1.807, 2.05) is 0 Å². The minimum atomic E-state index is 0.303. The monoisotopic (exact) mass is 207 g/mol. The van der Waals surface area contributed by atoms with Gasteiger partial charge in [-0.3, -0.25) is 0 Å². The molecule has 0 bridgehead atoms. The molecule has 1 N–H and O–H groups in total. The van der Waals surface area contributed by atoms with Crippen LogP contribution in [0.1, 0.15) is 30.4 Å². The first-order valence-corrected chi connectivity index (χ1v) is 5.80. The zero-order valence-corrected chi connectivity index (χ0v) is 8.91. The number of hydrogen-bond donors (Lipinski definition) is 1. The van der Waals surface area contributed by atoms with Gasteiger partial charge in [0, 0.05) is 25.7 Å². The van der Waals surface area contributed by atoms with E-state index in [0.717, 1.165) is 38.4 Å². The van der Waals surface area contributed by atoms with Crippen molar-refractivity contribution in [2.75, 3.05) is 19.8 Å². The maximum Gasteiger partial charge on any atom is 0.109 e. The standard InChI is InChI=1S/C11H17N3O/c1-2-5-14-7-9(13-11(14)3-1)10-8-15-6-4-12-10/h7,10,12H,1-6,8H2. The van der Waals surface area contributed by atoms with Gasteiger partial charge < -0.3 is 14.6 Å². The number of hydrogen-bond acceptors (Lipinski definition) is 3. The predicted octanol–water partition coefficient (Wildman–Crippen LogP) is 0.880. The average molecular weight is 207 g/mol. The van der Waals surface area contributed by atoms with E-state index in [-0.39, 0.29) is 0 Å². The first-order chi connectivity index (χ1) is 7.43. The van der Waals surface area contributed by atoms with Gasteiger partial charge in [0.2, 0.25) is 0 Å². The molecular formula is C11H17N3O. The molecule has 0 spiro atoms. The molecule has 15 heavy (non-hydrogen) atoms. The Balaban J connectivity index is 1.82. The van der Waals surface area contributed by atoms with Crippen LogP contribution in [0.3, 0.4) is 0 Å². The summed E-state index contributed by atoms with van der Waals surface area (Å²) in [5.41, 5.74) is 1.16. The molecule has 0 radical (unpaired) electrons. The molecular weight excluding hydrogens is 190 g/mol. The summed E-state index contributed by atoms with van der Waals surface area (Å²) in [6.45, 7) is 3.66. The van der Waals surface area contributed by atoms with Crippen molar-refractivity contribution in [1.29, 1.82) is 0 Å². The molecule has 0 aromatic carbocycles. The lowest BCUT2D eigenvalue weighted by Crippen LogP contribution is -2.34. The molecule has 1 fully saturated rings. The predicted molar refractivity (Wildman–Crippen MR) is 56.7 cm³/mol. The van der Waals surface area contributed by atoms with Gasteiger partial charge in [-0.05, 0) is 12.8 Å². The molecule has 4 nitrogen and oxygen atoms in total. The molecule has 3 heterocycles. The molecule has 2 aliphatic heterocycles. The number of rotatable bonds is 1. The lowest BCUT2D eigenvalue weighted by Gasteiger charge is -2.21. The topological polar surface area (TPSA) is 39.1 Å². The van der Waals surface area contributed by atoms with Crippen molar-refractivity contribution in [2.24, 2.45) is 0 Å². The lowest BCUT2D eigenvalue weighted by molar-refractivity contribution is 0.0757. The van der Waals surface area contributed by atoms with Crippen LogP contribution >= 0.6 is 0 Å². The number of ether oxygens (including phenoxy) is 1.